The maximum absolute atomic E-state index is 13.3. The molecule has 0 radical (unpaired) electrons. The van der Waals surface area contributed by atoms with E-state index in [0.717, 1.165) is 43.9 Å². The zero-order valence-corrected chi connectivity index (χ0v) is 18.8. The molecule has 1 saturated heterocycles. The molecular weight excluding hydrogens is 445 g/mol. The summed E-state index contributed by atoms with van der Waals surface area (Å²) in [5.41, 5.74) is 0.506. The van der Waals surface area contributed by atoms with Gasteiger partial charge in [-0.3, -0.25) is 0 Å². The van der Waals surface area contributed by atoms with E-state index in [1.807, 2.05) is 17.0 Å². The van der Waals surface area contributed by atoms with Gasteiger partial charge in [-0.1, -0.05) is 12.1 Å². The molecule has 0 unspecified atom stereocenters. The van der Waals surface area contributed by atoms with Gasteiger partial charge in [-0.25, -0.2) is 0 Å². The largest absolute Gasteiger partial charge is 0.494 e. The molecule has 8 heteroatoms. The Hall–Kier alpha value is -3.34. The minimum absolute atomic E-state index is 0.172. The molecule has 4 rings (SSSR count). The number of nitrogens with zero attached hydrogens (tertiary/aromatic N) is 2. The molecule has 2 aliphatic heterocycles. The summed E-state index contributed by atoms with van der Waals surface area (Å²) in [6, 6.07) is 13.7. The Morgan fingerprint density at radius 3 is 2.35 bits per heavy atom. The Morgan fingerprint density at radius 1 is 1.00 bits per heavy atom. The summed E-state index contributed by atoms with van der Waals surface area (Å²) in [7, 11) is 0. The highest BCUT2D eigenvalue weighted by atomic mass is 19.4. The van der Waals surface area contributed by atoms with E-state index in [-0.39, 0.29) is 11.9 Å². The van der Waals surface area contributed by atoms with E-state index >= 15 is 0 Å². The minimum atomic E-state index is -4.54. The third-order valence-electron chi connectivity index (χ3n) is 6.26. The van der Waals surface area contributed by atoms with Gasteiger partial charge in [-0.2, -0.15) is 18.4 Å². The lowest BCUT2D eigenvalue weighted by Crippen LogP contribution is -2.33. The molecule has 2 aromatic carbocycles. The smallest absolute Gasteiger partial charge is 0.417 e. The number of rotatable bonds is 8. The molecule has 34 heavy (non-hydrogen) atoms. The van der Waals surface area contributed by atoms with Crippen LogP contribution >= 0.6 is 0 Å². The molecule has 0 aromatic heterocycles. The highest BCUT2D eigenvalue weighted by Gasteiger charge is 2.34. The molecule has 0 saturated carbocycles. The van der Waals surface area contributed by atoms with Crippen LogP contribution in [0.15, 0.2) is 55.0 Å². The predicted molar refractivity (Wildman–Crippen MR) is 121 cm³/mol. The first-order valence-electron chi connectivity index (χ1n) is 11.5. The average molecular weight is 473 g/mol. The summed E-state index contributed by atoms with van der Waals surface area (Å²) >= 11 is 0. The van der Waals surface area contributed by atoms with Crippen molar-refractivity contribution in [3.05, 3.63) is 71.7 Å². The standard InChI is InChI=1S/C26H27F3N2O3/c27-26(28,29)24-17-22(7-4-21(24)18-30)31-12-10-20(11-13-31)19-5-8-23(9-6-19)32-14-2-1-3-25-33-15-16-34-25/h4-9,15-17,20,25H,1-3,10-14H2. The zero-order chi connectivity index (χ0) is 24.0. The first-order valence-corrected chi connectivity index (χ1v) is 11.5. The van der Waals surface area contributed by atoms with Crippen molar-refractivity contribution in [1.82, 2.24) is 0 Å². The van der Waals surface area contributed by atoms with Gasteiger partial charge in [0.2, 0.25) is 6.29 Å². The van der Waals surface area contributed by atoms with Crippen LogP contribution in [0.5, 0.6) is 5.75 Å². The van der Waals surface area contributed by atoms with Crippen LogP contribution < -0.4 is 9.64 Å². The second-order valence-corrected chi connectivity index (χ2v) is 8.49. The fourth-order valence-corrected chi connectivity index (χ4v) is 4.38. The summed E-state index contributed by atoms with van der Waals surface area (Å²) < 4.78 is 56.2. The molecule has 0 spiro atoms. The third-order valence-corrected chi connectivity index (χ3v) is 6.26. The van der Waals surface area contributed by atoms with E-state index < -0.39 is 11.7 Å². The summed E-state index contributed by atoms with van der Waals surface area (Å²) in [6.07, 6.45) is 2.79. The lowest BCUT2D eigenvalue weighted by molar-refractivity contribution is -0.137. The molecule has 0 aliphatic carbocycles. The fourth-order valence-electron chi connectivity index (χ4n) is 4.38. The Bertz CT molecular complexity index is 1020. The van der Waals surface area contributed by atoms with Crippen molar-refractivity contribution in [2.24, 2.45) is 0 Å². The van der Waals surface area contributed by atoms with Gasteiger partial charge in [0.25, 0.3) is 0 Å². The number of halogens is 3. The van der Waals surface area contributed by atoms with E-state index in [1.165, 1.54) is 11.6 Å². The zero-order valence-electron chi connectivity index (χ0n) is 18.8. The van der Waals surface area contributed by atoms with E-state index in [0.29, 0.717) is 31.3 Å². The highest BCUT2D eigenvalue weighted by Crippen LogP contribution is 2.36. The first-order chi connectivity index (χ1) is 16.4. The Balaban J connectivity index is 1.24. The summed E-state index contributed by atoms with van der Waals surface area (Å²) in [4.78, 5) is 1.96. The van der Waals surface area contributed by atoms with E-state index in [2.05, 4.69) is 12.1 Å². The van der Waals surface area contributed by atoms with Gasteiger partial charge in [-0.15, -0.1) is 0 Å². The van der Waals surface area contributed by atoms with E-state index in [4.69, 9.17) is 19.5 Å². The van der Waals surface area contributed by atoms with Crippen LogP contribution in [0.2, 0.25) is 0 Å². The second kappa shape index (κ2) is 10.7. The number of hydrogen-bond donors (Lipinski definition) is 0. The van der Waals surface area contributed by atoms with Gasteiger partial charge in [0.05, 0.1) is 23.8 Å². The highest BCUT2D eigenvalue weighted by molar-refractivity contribution is 5.55. The molecule has 1 fully saturated rings. The van der Waals surface area contributed by atoms with Crippen molar-refractivity contribution in [3.8, 4) is 11.8 Å². The quantitative estimate of drug-likeness (QED) is 0.419. The molecular formula is C26H27F3N2O3. The van der Waals surface area contributed by atoms with Crippen molar-refractivity contribution < 1.29 is 27.4 Å². The maximum atomic E-state index is 13.3. The summed E-state index contributed by atoms with van der Waals surface area (Å²) in [5, 5.41) is 8.99. The average Bonchev–Trinajstić information content (AvgIpc) is 3.37. The molecule has 2 aliphatic rings. The van der Waals surface area contributed by atoms with Crippen molar-refractivity contribution in [2.45, 2.75) is 50.5 Å². The molecule has 0 N–H and O–H groups in total. The van der Waals surface area contributed by atoms with Crippen molar-refractivity contribution in [1.29, 1.82) is 5.26 Å². The molecule has 2 aromatic rings. The van der Waals surface area contributed by atoms with Gasteiger partial charge in [-0.05, 0) is 67.5 Å². The van der Waals surface area contributed by atoms with Gasteiger partial charge >= 0.3 is 6.18 Å². The Kier molecular flexibility index (Phi) is 7.51. The van der Waals surface area contributed by atoms with Crippen LogP contribution in [0.1, 0.15) is 54.7 Å². The van der Waals surface area contributed by atoms with E-state index in [9.17, 15) is 13.2 Å². The number of unbranched alkanes of at least 4 members (excludes halogenated alkanes) is 1. The lowest BCUT2D eigenvalue weighted by atomic mass is 9.89. The van der Waals surface area contributed by atoms with Gasteiger partial charge in [0.1, 0.15) is 18.3 Å². The number of ether oxygens (including phenoxy) is 3. The summed E-state index contributed by atoms with van der Waals surface area (Å²) in [5.74, 6) is 1.18. The number of piperidine rings is 1. The fraction of sp³-hybridized carbons (Fsp3) is 0.423. The number of alkyl halides is 3. The number of anilines is 1. The topological polar surface area (TPSA) is 54.7 Å². The minimum Gasteiger partial charge on any atom is -0.494 e. The molecule has 5 nitrogen and oxygen atoms in total. The van der Waals surface area contributed by atoms with E-state index in [1.54, 1.807) is 24.7 Å². The Morgan fingerprint density at radius 2 is 1.71 bits per heavy atom. The SMILES string of the molecule is N#Cc1ccc(N2CCC(c3ccc(OCCCCC4OC=CO4)cc3)CC2)cc1C(F)(F)F. The normalized spacial score (nSPS) is 16.7. The van der Waals surface area contributed by atoms with Crippen molar-refractivity contribution in [3.63, 3.8) is 0 Å². The van der Waals surface area contributed by atoms with Gasteiger partial charge < -0.3 is 19.1 Å². The first kappa shape index (κ1) is 23.8. The number of benzene rings is 2. The van der Waals surface area contributed by atoms with Gasteiger partial charge in [0, 0.05) is 25.2 Å². The molecule has 0 atom stereocenters. The van der Waals surface area contributed by atoms with Crippen molar-refractivity contribution >= 4 is 5.69 Å². The number of nitriles is 1. The van der Waals surface area contributed by atoms with Crippen LogP contribution in [-0.4, -0.2) is 26.0 Å². The Labute approximate surface area is 197 Å². The molecule has 0 bridgehead atoms. The van der Waals surface area contributed by atoms with Crippen molar-refractivity contribution in [2.75, 3.05) is 24.6 Å². The lowest BCUT2D eigenvalue weighted by Gasteiger charge is -2.34. The van der Waals surface area contributed by atoms with Crippen LogP contribution in [0.25, 0.3) is 0 Å². The maximum Gasteiger partial charge on any atom is 0.417 e. The van der Waals surface area contributed by atoms with Crippen LogP contribution in [0, 0.1) is 11.3 Å². The molecule has 0 amide bonds. The number of hydrogen-bond acceptors (Lipinski definition) is 5. The monoisotopic (exact) mass is 472 g/mol. The molecule has 180 valence electrons. The molecule has 2 heterocycles. The summed E-state index contributed by atoms with van der Waals surface area (Å²) in [6.45, 7) is 1.95. The van der Waals surface area contributed by atoms with Gasteiger partial charge in [0.15, 0.2) is 0 Å². The van der Waals surface area contributed by atoms with Crippen LogP contribution in [0.4, 0.5) is 18.9 Å². The van der Waals surface area contributed by atoms with Crippen LogP contribution in [0.3, 0.4) is 0 Å². The third kappa shape index (κ3) is 5.96. The van der Waals surface area contributed by atoms with Crippen LogP contribution in [-0.2, 0) is 15.7 Å². The predicted octanol–water partition coefficient (Wildman–Crippen LogP) is 6.35. The second-order valence-electron chi connectivity index (χ2n) is 8.49.